The van der Waals surface area contributed by atoms with Crippen LogP contribution in [0.15, 0.2) is 48.5 Å². The lowest BCUT2D eigenvalue weighted by atomic mass is 9.95. The molecule has 0 amide bonds. The molecule has 0 saturated heterocycles. The van der Waals surface area contributed by atoms with Crippen LogP contribution in [0.5, 0.6) is 11.5 Å². The molecule has 0 spiro atoms. The molecule has 0 saturated carbocycles. The fourth-order valence-electron chi connectivity index (χ4n) is 7.09. The van der Waals surface area contributed by atoms with Gasteiger partial charge in [0.15, 0.2) is 33.3 Å². The van der Waals surface area contributed by atoms with Gasteiger partial charge in [0.25, 0.3) is 5.79 Å². The molecule has 0 unspecified atom stereocenters. The molecule has 0 fully saturated rings. The van der Waals surface area contributed by atoms with E-state index in [1.54, 1.807) is 48.5 Å². The van der Waals surface area contributed by atoms with Crippen molar-refractivity contribution in [3.8, 4) is 11.5 Å². The monoisotopic (exact) mass is 900 g/mol. The summed E-state index contributed by atoms with van der Waals surface area (Å²) in [6, 6.07) is 16.2. The van der Waals surface area contributed by atoms with Crippen LogP contribution in [-0.2, 0) is 41.2 Å². The van der Waals surface area contributed by atoms with E-state index in [4.69, 9.17) is 44.9 Å². The highest BCUT2D eigenvalue weighted by Gasteiger charge is 2.42. The van der Waals surface area contributed by atoms with Crippen LogP contribution in [0.2, 0.25) is 104 Å². The zero-order chi connectivity index (χ0) is 43.2. The van der Waals surface area contributed by atoms with E-state index >= 15 is 0 Å². The van der Waals surface area contributed by atoms with Crippen molar-refractivity contribution in [2.75, 3.05) is 53.9 Å². The Kier molecular flexibility index (Phi) is 20.5. The normalized spacial score (nSPS) is 13.5. The van der Waals surface area contributed by atoms with Gasteiger partial charge in [-0.05, 0) is 165 Å². The molecule has 2 rings (SSSR count). The van der Waals surface area contributed by atoms with Crippen LogP contribution in [0.4, 0.5) is 0 Å². The van der Waals surface area contributed by atoms with Gasteiger partial charge in [0.05, 0.1) is 13.2 Å². The third-order valence-corrected chi connectivity index (χ3v) is 28.8. The van der Waals surface area contributed by atoms with E-state index < -0.39 is 56.2 Å². The highest BCUT2D eigenvalue weighted by molar-refractivity contribution is 6.88. The van der Waals surface area contributed by atoms with Crippen LogP contribution >= 0.6 is 0 Å². The highest BCUT2D eigenvalue weighted by atomic mass is 28.5. The molecule has 0 aliphatic carbocycles. The fourth-order valence-corrected chi connectivity index (χ4v) is 33.4. The number of hydrogen-bond acceptors (Lipinski definition) is 11. The van der Waals surface area contributed by atoms with E-state index in [9.17, 15) is 4.79 Å². The molecule has 0 heterocycles. The summed E-state index contributed by atoms with van der Waals surface area (Å²) < 4.78 is 60.9. The molecule has 11 nitrogen and oxygen atoms in total. The molecule has 57 heavy (non-hydrogen) atoms. The maximum atomic E-state index is 13.8. The Bertz CT molecular complexity index is 1470. The first-order chi connectivity index (χ1) is 26.2. The predicted molar refractivity (Wildman–Crippen MR) is 245 cm³/mol. The number of Topliss-reactive ketones (excluding diaryl/α,β-unsaturated/α-hetero) is 1. The van der Waals surface area contributed by atoms with Gasteiger partial charge >= 0.3 is 17.1 Å². The van der Waals surface area contributed by atoms with Gasteiger partial charge in [0, 0.05) is 38.6 Å². The minimum absolute atomic E-state index is 0.330. The Morgan fingerprint density at radius 3 is 1.21 bits per heavy atom. The zero-order valence-electron chi connectivity index (χ0n) is 38.2. The summed E-state index contributed by atoms with van der Waals surface area (Å²) in [5, 5.41) is 0. The zero-order valence-corrected chi connectivity index (χ0v) is 44.2. The second-order valence-corrected chi connectivity index (χ2v) is 43.8. The van der Waals surface area contributed by atoms with E-state index in [2.05, 4.69) is 91.7 Å². The van der Waals surface area contributed by atoms with Gasteiger partial charge in [-0.2, -0.15) is 0 Å². The molecule has 17 heteroatoms. The quantitative estimate of drug-likeness (QED) is 0.0337. The molecule has 0 bridgehead atoms. The smallest absolute Gasteiger partial charge is 0.311 e. The van der Waals surface area contributed by atoms with Gasteiger partial charge in [-0.1, -0.05) is 0 Å². The highest BCUT2D eigenvalue weighted by Crippen LogP contribution is 2.32. The number of hydrogen-bond donors (Lipinski definition) is 0. The van der Waals surface area contributed by atoms with E-state index in [0.717, 1.165) is 24.9 Å². The summed E-state index contributed by atoms with van der Waals surface area (Å²) in [4.78, 5) is 13.8. The lowest BCUT2D eigenvalue weighted by Gasteiger charge is -2.37. The van der Waals surface area contributed by atoms with Crippen molar-refractivity contribution in [2.45, 2.75) is 122 Å². The van der Waals surface area contributed by atoms with Gasteiger partial charge in [-0.25, -0.2) is 0 Å². The third-order valence-electron chi connectivity index (χ3n) is 8.50. The SMILES string of the molecule is COC(OC)(C(=O)c1ccc(OCCOCCC[Si](C)(C)O[Si](C)(C)O[Si](C)(C)C)cc1)c1ccc(OCCOCCC[Si](C)(C)O[Si](C)(C)O[Si](C)(C)C)cc1. The van der Waals surface area contributed by atoms with Crippen molar-refractivity contribution in [1.29, 1.82) is 0 Å². The predicted octanol–water partition coefficient (Wildman–Crippen LogP) is 10.1. The molecule has 0 N–H and O–H groups in total. The first-order valence-corrected chi connectivity index (χ1v) is 39.0. The topological polar surface area (TPSA) is 109 Å². The number of carbonyl (C=O) groups is 1. The molecule has 0 aromatic heterocycles. The third kappa shape index (κ3) is 20.2. The van der Waals surface area contributed by atoms with E-state index in [1.807, 2.05) is 0 Å². The Hall–Kier alpha value is -1.31. The maximum Gasteiger partial charge on any atom is 0.311 e. The van der Waals surface area contributed by atoms with E-state index in [-0.39, 0.29) is 5.78 Å². The number of ketones is 1. The van der Waals surface area contributed by atoms with Gasteiger partial charge in [-0.3, -0.25) is 4.79 Å². The summed E-state index contributed by atoms with van der Waals surface area (Å²) >= 11 is 0. The summed E-state index contributed by atoms with van der Waals surface area (Å²) in [7, 11) is -8.36. The van der Waals surface area contributed by atoms with Gasteiger partial charge < -0.3 is 44.9 Å². The van der Waals surface area contributed by atoms with Crippen molar-refractivity contribution >= 4 is 56.2 Å². The van der Waals surface area contributed by atoms with Crippen molar-refractivity contribution in [3.05, 3.63) is 59.7 Å². The summed E-state index contributed by atoms with van der Waals surface area (Å²) in [5.74, 6) is -0.653. The number of ether oxygens (including phenoxy) is 6. The second-order valence-electron chi connectivity index (χ2n) is 18.5. The standard InChI is InChI=1S/C40H76O11Si6/c1-42-40(43-2,36-21-25-38(26-22-36)47-32-30-45-28-18-34-55(11,12)51-57(15,16)49-53(6,7)8)39(41)35-19-23-37(24-20-35)46-31-29-44-27-17-33-54(9,10)50-56(13,14)48-52(3,4)5/h19-26H,17-18,27-34H2,1-16H3. The number of methoxy groups -OCH3 is 2. The first-order valence-electron chi connectivity index (χ1n) is 20.3. The largest absolute Gasteiger partial charge is 0.491 e. The molecular formula is C40H76O11Si6. The van der Waals surface area contributed by atoms with Crippen molar-refractivity contribution in [3.63, 3.8) is 0 Å². The van der Waals surface area contributed by atoms with Crippen molar-refractivity contribution in [2.24, 2.45) is 0 Å². The first kappa shape index (κ1) is 51.8. The van der Waals surface area contributed by atoms with Crippen LogP contribution in [-0.4, -0.2) is 110 Å². The Morgan fingerprint density at radius 1 is 0.491 bits per heavy atom. The van der Waals surface area contributed by atoms with Crippen molar-refractivity contribution < 1.29 is 49.7 Å². The molecule has 0 aliphatic rings. The van der Waals surface area contributed by atoms with E-state index in [1.165, 1.54) is 14.2 Å². The van der Waals surface area contributed by atoms with Gasteiger partial charge in [0.1, 0.15) is 24.7 Å². The van der Waals surface area contributed by atoms with E-state index in [0.29, 0.717) is 62.3 Å². The summed E-state index contributed by atoms with van der Waals surface area (Å²) in [6.07, 6.45) is 1.87. The maximum absolute atomic E-state index is 13.8. The lowest BCUT2D eigenvalue weighted by molar-refractivity contribution is -0.176. The fraction of sp³-hybridized carbons (Fsp3) is 0.675. The van der Waals surface area contributed by atoms with Gasteiger partial charge in [0.2, 0.25) is 5.78 Å². The molecule has 0 aliphatic heterocycles. The number of benzene rings is 2. The van der Waals surface area contributed by atoms with Gasteiger partial charge in [-0.15, -0.1) is 0 Å². The van der Waals surface area contributed by atoms with Crippen LogP contribution < -0.4 is 9.47 Å². The van der Waals surface area contributed by atoms with Crippen LogP contribution in [0.1, 0.15) is 28.8 Å². The molecule has 326 valence electrons. The second kappa shape index (κ2) is 22.5. The minimum atomic E-state index is -2.14. The van der Waals surface area contributed by atoms with Crippen LogP contribution in [0, 0.1) is 0 Å². The number of carbonyl (C=O) groups excluding carboxylic acids is 1. The summed E-state index contributed by atoms with van der Waals surface area (Å²) in [5.41, 5.74) is 0.982. The van der Waals surface area contributed by atoms with Crippen LogP contribution in [0.25, 0.3) is 0 Å². The molecule has 0 radical (unpaired) electrons. The average Bonchev–Trinajstić information content (AvgIpc) is 3.05. The minimum Gasteiger partial charge on any atom is -0.491 e. The molecule has 0 atom stereocenters. The lowest BCUT2D eigenvalue weighted by Crippen LogP contribution is -2.51. The van der Waals surface area contributed by atoms with Crippen LogP contribution in [0.3, 0.4) is 0 Å². The molecular weight excluding hydrogens is 825 g/mol. The molecule has 2 aromatic carbocycles. The Morgan fingerprint density at radius 2 is 0.860 bits per heavy atom. The average molecular weight is 902 g/mol. The number of rotatable bonds is 29. The molecule has 2 aromatic rings. The Balaban J connectivity index is 1.78. The Labute approximate surface area is 351 Å². The summed E-state index contributed by atoms with van der Waals surface area (Å²) in [6.45, 7) is 34.0. The van der Waals surface area contributed by atoms with Crippen molar-refractivity contribution in [1.82, 2.24) is 0 Å².